The molecule has 2 atom stereocenters. The highest BCUT2D eigenvalue weighted by Crippen LogP contribution is 2.30. The summed E-state index contributed by atoms with van der Waals surface area (Å²) in [6, 6.07) is 7.08. The maximum atomic E-state index is 12.3. The van der Waals surface area contributed by atoms with Crippen LogP contribution in [0.2, 0.25) is 0 Å². The van der Waals surface area contributed by atoms with Crippen molar-refractivity contribution in [3.8, 4) is 0 Å². The van der Waals surface area contributed by atoms with Crippen LogP contribution >= 0.6 is 0 Å². The Morgan fingerprint density at radius 2 is 1.97 bits per heavy atom. The van der Waals surface area contributed by atoms with Crippen LogP contribution in [0.5, 0.6) is 0 Å². The summed E-state index contributed by atoms with van der Waals surface area (Å²) < 4.78 is 7.40. The molecule has 0 bridgehead atoms. The minimum absolute atomic E-state index is 0.0864. The zero-order valence-electron chi connectivity index (χ0n) is 16.6. The van der Waals surface area contributed by atoms with E-state index in [2.05, 4.69) is 21.0 Å². The first kappa shape index (κ1) is 19.4. The van der Waals surface area contributed by atoms with Crippen LogP contribution in [0.25, 0.3) is 0 Å². The molecule has 0 spiro atoms. The lowest BCUT2D eigenvalue weighted by Gasteiger charge is -2.15. The summed E-state index contributed by atoms with van der Waals surface area (Å²) in [5.41, 5.74) is 2.38. The van der Waals surface area contributed by atoms with Gasteiger partial charge in [-0.2, -0.15) is 5.10 Å². The van der Waals surface area contributed by atoms with Crippen LogP contribution < -0.4 is 16.0 Å². The zero-order valence-corrected chi connectivity index (χ0v) is 16.6. The molecule has 0 radical (unpaired) electrons. The third-order valence-corrected chi connectivity index (χ3v) is 5.28. The average Bonchev–Trinajstić information content (AvgIpc) is 3.28. The maximum absolute atomic E-state index is 12.3. The number of benzene rings is 1. The first-order chi connectivity index (χ1) is 14.1. The third-order valence-electron chi connectivity index (χ3n) is 5.28. The van der Waals surface area contributed by atoms with Crippen molar-refractivity contribution in [3.63, 3.8) is 0 Å². The molecule has 1 saturated heterocycles. The number of ether oxygens (including phenoxy) is 1. The molecule has 3 amide bonds. The number of carbonyl (C=O) groups is 2. The molecule has 2 fully saturated rings. The summed E-state index contributed by atoms with van der Waals surface area (Å²) in [5.74, 6) is 0.261. The molecule has 4 rings (SSSR count). The summed E-state index contributed by atoms with van der Waals surface area (Å²) in [5, 5.41) is 12.9. The summed E-state index contributed by atoms with van der Waals surface area (Å²) in [6.45, 7) is 3.42. The van der Waals surface area contributed by atoms with Crippen LogP contribution in [0.4, 0.5) is 16.2 Å². The Bertz CT molecular complexity index is 853. The van der Waals surface area contributed by atoms with Crippen molar-refractivity contribution in [2.75, 3.05) is 17.2 Å². The van der Waals surface area contributed by atoms with Gasteiger partial charge in [-0.25, -0.2) is 4.79 Å². The standard InChI is InChI=1S/C21H27N5O3/c1-14(15-6-8-17(9-7-15)24-20(27)16-4-5-16)23-21(28)25-18-11-22-26(12-18)13-19-3-2-10-29-19/h6-9,11-12,14,16,19H,2-5,10,13H2,1H3,(H,24,27)(H2,23,25,28). The van der Waals surface area contributed by atoms with Gasteiger partial charge in [0.2, 0.25) is 5.91 Å². The minimum Gasteiger partial charge on any atom is -0.376 e. The molecule has 154 valence electrons. The number of amides is 3. The largest absolute Gasteiger partial charge is 0.376 e. The van der Waals surface area contributed by atoms with Crippen molar-refractivity contribution >= 4 is 23.3 Å². The van der Waals surface area contributed by atoms with Crippen molar-refractivity contribution < 1.29 is 14.3 Å². The summed E-state index contributed by atoms with van der Waals surface area (Å²) in [4.78, 5) is 24.1. The van der Waals surface area contributed by atoms with Gasteiger partial charge in [0.25, 0.3) is 0 Å². The molecule has 1 aliphatic carbocycles. The monoisotopic (exact) mass is 397 g/mol. The molecule has 1 aromatic carbocycles. The summed E-state index contributed by atoms with van der Waals surface area (Å²) >= 11 is 0. The molecule has 2 aliphatic rings. The van der Waals surface area contributed by atoms with Gasteiger partial charge in [0.15, 0.2) is 0 Å². The van der Waals surface area contributed by atoms with Crippen LogP contribution in [0.15, 0.2) is 36.7 Å². The number of hydrogen-bond acceptors (Lipinski definition) is 4. The van der Waals surface area contributed by atoms with Gasteiger partial charge in [0.05, 0.1) is 30.6 Å². The van der Waals surface area contributed by atoms with E-state index in [-0.39, 0.29) is 30.0 Å². The summed E-state index contributed by atoms with van der Waals surface area (Å²) in [7, 11) is 0. The number of anilines is 2. The first-order valence-corrected chi connectivity index (χ1v) is 10.2. The van der Waals surface area contributed by atoms with E-state index in [1.165, 1.54) is 0 Å². The van der Waals surface area contributed by atoms with Crippen molar-refractivity contribution in [2.45, 2.75) is 51.3 Å². The van der Waals surface area contributed by atoms with Gasteiger partial charge in [-0.1, -0.05) is 12.1 Å². The van der Waals surface area contributed by atoms with Gasteiger partial charge in [0.1, 0.15) is 0 Å². The molecular weight excluding hydrogens is 370 g/mol. The minimum atomic E-state index is -0.291. The molecule has 3 N–H and O–H groups in total. The van der Waals surface area contributed by atoms with Gasteiger partial charge in [-0.05, 0) is 50.3 Å². The fourth-order valence-corrected chi connectivity index (χ4v) is 3.42. The first-order valence-electron chi connectivity index (χ1n) is 10.2. The topological polar surface area (TPSA) is 97.3 Å². The fourth-order valence-electron chi connectivity index (χ4n) is 3.42. The van der Waals surface area contributed by atoms with Gasteiger partial charge < -0.3 is 20.7 Å². The predicted molar refractivity (Wildman–Crippen MR) is 110 cm³/mol. The third kappa shape index (κ3) is 5.35. The second kappa shape index (κ2) is 8.65. The Kier molecular flexibility index (Phi) is 5.80. The number of carbonyl (C=O) groups excluding carboxylic acids is 2. The van der Waals surface area contributed by atoms with Crippen LogP contribution in [0.1, 0.15) is 44.2 Å². The second-order valence-electron chi connectivity index (χ2n) is 7.79. The van der Waals surface area contributed by atoms with Crippen molar-refractivity contribution in [3.05, 3.63) is 42.2 Å². The fraction of sp³-hybridized carbons (Fsp3) is 0.476. The number of rotatable bonds is 7. The van der Waals surface area contributed by atoms with E-state index in [0.29, 0.717) is 12.2 Å². The normalized spacial score (nSPS) is 19.6. The number of nitrogens with zero attached hydrogens (tertiary/aromatic N) is 2. The van der Waals surface area contributed by atoms with Gasteiger partial charge in [-0.3, -0.25) is 9.48 Å². The van der Waals surface area contributed by atoms with E-state index in [1.807, 2.05) is 37.4 Å². The molecule has 1 saturated carbocycles. The van der Waals surface area contributed by atoms with Crippen molar-refractivity contribution in [1.29, 1.82) is 0 Å². The quantitative estimate of drug-likeness (QED) is 0.668. The van der Waals surface area contributed by atoms with Crippen molar-refractivity contribution in [1.82, 2.24) is 15.1 Å². The molecule has 1 aromatic heterocycles. The predicted octanol–water partition coefficient (Wildman–Crippen LogP) is 3.29. The van der Waals surface area contributed by atoms with E-state index in [9.17, 15) is 9.59 Å². The number of aromatic nitrogens is 2. The van der Waals surface area contributed by atoms with Crippen LogP contribution in [0, 0.1) is 5.92 Å². The van der Waals surface area contributed by atoms with Gasteiger partial charge in [0, 0.05) is 24.4 Å². The lowest BCUT2D eigenvalue weighted by molar-refractivity contribution is -0.117. The number of nitrogens with one attached hydrogen (secondary N) is 3. The Morgan fingerprint density at radius 3 is 2.66 bits per heavy atom. The molecule has 2 aromatic rings. The van der Waals surface area contributed by atoms with Crippen LogP contribution in [0.3, 0.4) is 0 Å². The second-order valence-corrected chi connectivity index (χ2v) is 7.79. The summed E-state index contributed by atoms with van der Waals surface area (Å²) in [6.07, 6.45) is 7.74. The Hall–Kier alpha value is -2.87. The Morgan fingerprint density at radius 1 is 1.17 bits per heavy atom. The molecule has 8 nitrogen and oxygen atoms in total. The molecule has 1 aliphatic heterocycles. The Labute approximate surface area is 170 Å². The smallest absolute Gasteiger partial charge is 0.319 e. The van der Waals surface area contributed by atoms with E-state index in [4.69, 9.17) is 4.74 Å². The van der Waals surface area contributed by atoms with E-state index >= 15 is 0 Å². The average molecular weight is 397 g/mol. The molecule has 8 heteroatoms. The highest BCUT2D eigenvalue weighted by molar-refractivity contribution is 5.94. The van der Waals surface area contributed by atoms with E-state index in [1.54, 1.807) is 10.9 Å². The van der Waals surface area contributed by atoms with Crippen LogP contribution in [-0.4, -0.2) is 34.4 Å². The van der Waals surface area contributed by atoms with Crippen molar-refractivity contribution in [2.24, 2.45) is 5.92 Å². The van der Waals surface area contributed by atoms with Gasteiger partial charge >= 0.3 is 6.03 Å². The highest BCUT2D eigenvalue weighted by Gasteiger charge is 2.29. The number of hydrogen-bond donors (Lipinski definition) is 3. The lowest BCUT2D eigenvalue weighted by Crippen LogP contribution is -2.31. The van der Waals surface area contributed by atoms with E-state index < -0.39 is 0 Å². The van der Waals surface area contributed by atoms with Crippen LogP contribution in [-0.2, 0) is 16.1 Å². The number of urea groups is 1. The lowest BCUT2D eigenvalue weighted by atomic mass is 10.1. The molecule has 2 heterocycles. The SMILES string of the molecule is CC(NC(=O)Nc1cnn(CC2CCCO2)c1)c1ccc(NC(=O)C2CC2)cc1. The van der Waals surface area contributed by atoms with Gasteiger partial charge in [-0.15, -0.1) is 0 Å². The highest BCUT2D eigenvalue weighted by atomic mass is 16.5. The zero-order chi connectivity index (χ0) is 20.2. The molecule has 2 unspecified atom stereocenters. The van der Waals surface area contributed by atoms with E-state index in [0.717, 1.165) is 43.5 Å². The maximum Gasteiger partial charge on any atom is 0.319 e. The molecular formula is C21H27N5O3. The molecule has 29 heavy (non-hydrogen) atoms. The Balaban J connectivity index is 1.25.